The number of anilines is 2. The van der Waals surface area contributed by atoms with Crippen LogP contribution >= 0.6 is 11.8 Å². The summed E-state index contributed by atoms with van der Waals surface area (Å²) in [5.41, 5.74) is 16.2. The summed E-state index contributed by atoms with van der Waals surface area (Å²) in [6.07, 6.45) is 2.02. The Kier molecular flexibility index (Phi) is 2.41. The number of aryl methyl sites for hydroxylation is 1. The van der Waals surface area contributed by atoms with Gasteiger partial charge in [-0.3, -0.25) is 0 Å². The van der Waals surface area contributed by atoms with Crippen molar-refractivity contribution in [3.05, 3.63) is 30.3 Å². The average Bonchev–Trinajstić information content (AvgIpc) is 2.69. The Morgan fingerprint density at radius 1 is 1.17 bits per heavy atom. The SMILES string of the molecule is CSc1cc(N)c2c(c1N)c1ccccc1n2C. The van der Waals surface area contributed by atoms with E-state index in [4.69, 9.17) is 11.5 Å². The van der Waals surface area contributed by atoms with Crippen LogP contribution in [-0.2, 0) is 7.05 Å². The number of nitrogens with two attached hydrogens (primary N) is 2. The highest BCUT2D eigenvalue weighted by Gasteiger charge is 2.15. The minimum absolute atomic E-state index is 0.780. The smallest absolute Gasteiger partial charge is 0.0744 e. The molecule has 0 aliphatic heterocycles. The number of fused-ring (bicyclic) bond motifs is 3. The van der Waals surface area contributed by atoms with Crippen molar-refractivity contribution in [1.82, 2.24) is 4.57 Å². The van der Waals surface area contributed by atoms with Gasteiger partial charge < -0.3 is 16.0 Å². The van der Waals surface area contributed by atoms with E-state index in [2.05, 4.69) is 16.7 Å². The molecular weight excluding hydrogens is 242 g/mol. The molecule has 0 saturated heterocycles. The van der Waals surface area contributed by atoms with Crippen LogP contribution in [0.25, 0.3) is 21.8 Å². The quantitative estimate of drug-likeness (QED) is 0.520. The Morgan fingerprint density at radius 2 is 1.89 bits per heavy atom. The molecule has 1 aromatic heterocycles. The topological polar surface area (TPSA) is 57.0 Å². The third-order valence-electron chi connectivity index (χ3n) is 3.42. The first-order valence-corrected chi connectivity index (χ1v) is 6.96. The van der Waals surface area contributed by atoms with Crippen molar-refractivity contribution in [2.75, 3.05) is 17.7 Å². The second-order valence-electron chi connectivity index (χ2n) is 4.38. The van der Waals surface area contributed by atoms with Gasteiger partial charge >= 0.3 is 0 Å². The zero-order valence-corrected chi connectivity index (χ0v) is 11.2. The van der Waals surface area contributed by atoms with Crippen molar-refractivity contribution < 1.29 is 0 Å². The molecule has 0 saturated carbocycles. The van der Waals surface area contributed by atoms with Gasteiger partial charge in [-0.2, -0.15) is 0 Å². The minimum atomic E-state index is 0.780. The molecule has 1 heterocycles. The van der Waals surface area contributed by atoms with Gasteiger partial charge in [0.1, 0.15) is 0 Å². The third kappa shape index (κ3) is 1.32. The van der Waals surface area contributed by atoms with Gasteiger partial charge in [-0.15, -0.1) is 11.8 Å². The van der Waals surface area contributed by atoms with E-state index in [0.717, 1.165) is 38.1 Å². The van der Waals surface area contributed by atoms with Crippen LogP contribution in [0.2, 0.25) is 0 Å². The van der Waals surface area contributed by atoms with Gasteiger partial charge in [0.15, 0.2) is 0 Å². The molecule has 3 rings (SSSR count). The van der Waals surface area contributed by atoms with Crippen molar-refractivity contribution >= 4 is 44.9 Å². The molecule has 92 valence electrons. The summed E-state index contributed by atoms with van der Waals surface area (Å²) in [5, 5.41) is 2.23. The molecule has 3 nitrogen and oxygen atoms in total. The number of benzene rings is 2. The van der Waals surface area contributed by atoms with E-state index in [0.29, 0.717) is 0 Å². The Hall–Kier alpha value is -1.81. The van der Waals surface area contributed by atoms with Crippen LogP contribution < -0.4 is 11.5 Å². The van der Waals surface area contributed by atoms with Crippen LogP contribution in [0.4, 0.5) is 11.4 Å². The molecule has 0 bridgehead atoms. The van der Waals surface area contributed by atoms with Crippen molar-refractivity contribution in [2.45, 2.75) is 4.90 Å². The molecule has 2 aromatic carbocycles. The maximum absolute atomic E-state index is 6.29. The molecule has 3 aromatic rings. The van der Waals surface area contributed by atoms with E-state index < -0.39 is 0 Å². The fourth-order valence-corrected chi connectivity index (χ4v) is 3.15. The summed E-state index contributed by atoms with van der Waals surface area (Å²) >= 11 is 1.63. The molecule has 0 atom stereocenters. The van der Waals surface area contributed by atoms with E-state index in [1.165, 1.54) is 0 Å². The zero-order valence-electron chi connectivity index (χ0n) is 10.4. The summed E-state index contributed by atoms with van der Waals surface area (Å²) in [4.78, 5) is 1.04. The molecule has 0 radical (unpaired) electrons. The normalized spacial score (nSPS) is 11.4. The number of thioether (sulfide) groups is 1. The lowest BCUT2D eigenvalue weighted by molar-refractivity contribution is 1.01. The first kappa shape index (κ1) is 11.3. The van der Waals surface area contributed by atoms with Crippen molar-refractivity contribution in [1.29, 1.82) is 0 Å². The first-order chi connectivity index (χ1) is 8.65. The molecule has 4 N–H and O–H groups in total. The largest absolute Gasteiger partial charge is 0.397 e. The van der Waals surface area contributed by atoms with E-state index in [1.54, 1.807) is 11.8 Å². The maximum atomic E-state index is 6.29. The van der Waals surface area contributed by atoms with Gasteiger partial charge in [-0.05, 0) is 18.4 Å². The Morgan fingerprint density at radius 3 is 2.61 bits per heavy atom. The Labute approximate surface area is 110 Å². The second-order valence-corrected chi connectivity index (χ2v) is 5.23. The number of hydrogen-bond acceptors (Lipinski definition) is 3. The lowest BCUT2D eigenvalue weighted by Crippen LogP contribution is -1.97. The summed E-state index contributed by atoms with van der Waals surface area (Å²) in [5.74, 6) is 0. The molecule has 0 aliphatic rings. The molecule has 0 amide bonds. The van der Waals surface area contributed by atoms with E-state index >= 15 is 0 Å². The summed E-state index contributed by atoms with van der Waals surface area (Å²) in [6.45, 7) is 0. The van der Waals surface area contributed by atoms with Crippen molar-refractivity contribution in [2.24, 2.45) is 7.05 Å². The fourth-order valence-electron chi connectivity index (χ4n) is 2.58. The highest BCUT2D eigenvalue weighted by Crippen LogP contribution is 2.40. The van der Waals surface area contributed by atoms with Crippen molar-refractivity contribution in [3.8, 4) is 0 Å². The fraction of sp³-hybridized carbons (Fsp3) is 0.143. The number of nitrogen functional groups attached to an aromatic ring is 2. The summed E-state index contributed by atoms with van der Waals surface area (Å²) < 4.78 is 2.11. The van der Waals surface area contributed by atoms with Crippen LogP contribution in [-0.4, -0.2) is 10.8 Å². The Bertz CT molecular complexity index is 759. The van der Waals surface area contributed by atoms with Crippen LogP contribution in [0, 0.1) is 0 Å². The third-order valence-corrected chi connectivity index (χ3v) is 4.20. The van der Waals surface area contributed by atoms with E-state index in [9.17, 15) is 0 Å². The molecular formula is C14H15N3S. The monoisotopic (exact) mass is 257 g/mol. The lowest BCUT2D eigenvalue weighted by Gasteiger charge is -2.08. The van der Waals surface area contributed by atoms with Gasteiger partial charge in [-0.25, -0.2) is 0 Å². The van der Waals surface area contributed by atoms with Gasteiger partial charge in [0.25, 0.3) is 0 Å². The van der Waals surface area contributed by atoms with E-state index in [-0.39, 0.29) is 0 Å². The van der Waals surface area contributed by atoms with Crippen LogP contribution in [0.5, 0.6) is 0 Å². The van der Waals surface area contributed by atoms with Gasteiger partial charge in [0.2, 0.25) is 0 Å². The minimum Gasteiger partial charge on any atom is -0.397 e. The molecule has 4 heteroatoms. The Balaban J connectivity index is 2.64. The summed E-state index contributed by atoms with van der Waals surface area (Å²) in [7, 11) is 2.03. The van der Waals surface area contributed by atoms with Crippen LogP contribution in [0.3, 0.4) is 0 Å². The first-order valence-electron chi connectivity index (χ1n) is 5.74. The van der Waals surface area contributed by atoms with E-state index in [1.807, 2.05) is 31.5 Å². The lowest BCUT2D eigenvalue weighted by atomic mass is 10.1. The number of aromatic nitrogens is 1. The maximum Gasteiger partial charge on any atom is 0.0744 e. The predicted molar refractivity (Wildman–Crippen MR) is 81.0 cm³/mol. The van der Waals surface area contributed by atoms with Gasteiger partial charge in [0.05, 0.1) is 16.9 Å². The average molecular weight is 257 g/mol. The highest BCUT2D eigenvalue weighted by atomic mass is 32.2. The number of para-hydroxylation sites is 1. The second kappa shape index (κ2) is 3.85. The summed E-state index contributed by atoms with van der Waals surface area (Å²) in [6, 6.07) is 10.2. The van der Waals surface area contributed by atoms with Crippen LogP contribution in [0.1, 0.15) is 0 Å². The number of nitrogens with zero attached hydrogens (tertiary/aromatic N) is 1. The van der Waals surface area contributed by atoms with Crippen molar-refractivity contribution in [3.63, 3.8) is 0 Å². The predicted octanol–water partition coefficient (Wildman–Crippen LogP) is 3.22. The molecule has 18 heavy (non-hydrogen) atoms. The standard InChI is InChI=1S/C14H15N3S/c1-17-10-6-4-3-5-8(10)12-13(16)11(18-2)7-9(15)14(12)17/h3-7H,15-16H2,1-2H3. The molecule has 0 fully saturated rings. The number of hydrogen-bond donors (Lipinski definition) is 2. The van der Waals surface area contributed by atoms with Gasteiger partial charge in [-0.1, -0.05) is 18.2 Å². The molecule has 0 aliphatic carbocycles. The highest BCUT2D eigenvalue weighted by molar-refractivity contribution is 7.98. The number of rotatable bonds is 1. The van der Waals surface area contributed by atoms with Crippen LogP contribution in [0.15, 0.2) is 35.2 Å². The molecule has 0 spiro atoms. The zero-order chi connectivity index (χ0) is 12.9. The molecule has 0 unspecified atom stereocenters. The van der Waals surface area contributed by atoms with Gasteiger partial charge in [0, 0.05) is 28.2 Å².